The Labute approximate surface area is 108 Å². The molecule has 0 aliphatic heterocycles. The van der Waals surface area contributed by atoms with E-state index in [1.807, 2.05) is 13.8 Å². The number of aromatic nitrogens is 1. The van der Waals surface area contributed by atoms with Crippen molar-refractivity contribution in [3.63, 3.8) is 0 Å². The predicted octanol–water partition coefficient (Wildman–Crippen LogP) is 2.29. The van der Waals surface area contributed by atoms with Crippen molar-refractivity contribution in [3.05, 3.63) is 23.0 Å². The minimum Gasteiger partial charge on any atom is -0.268 e. The van der Waals surface area contributed by atoms with Crippen LogP contribution in [0.5, 0.6) is 0 Å². The number of hydrogen-bond acceptors (Lipinski definition) is 3. The fraction of sp³-hybridized carbons (Fsp3) is 0.500. The molecule has 7 heteroatoms. The van der Waals surface area contributed by atoms with Crippen LogP contribution >= 0.6 is 11.6 Å². The molecule has 0 unspecified atom stereocenters. The van der Waals surface area contributed by atoms with Gasteiger partial charge in [-0.3, -0.25) is 4.72 Å². The first kappa shape index (κ1) is 16.1. The van der Waals surface area contributed by atoms with Crippen molar-refractivity contribution < 1.29 is 8.42 Å². The van der Waals surface area contributed by atoms with Crippen molar-refractivity contribution in [1.82, 2.24) is 9.29 Å². The molecule has 17 heavy (non-hydrogen) atoms. The van der Waals surface area contributed by atoms with Crippen LogP contribution in [0.25, 0.3) is 0 Å². The van der Waals surface area contributed by atoms with E-state index in [0.717, 1.165) is 9.87 Å². The standard InChI is InChI=1S/C8H12ClN3O2S.C2H6/c1-6-4-7(8(9)10-5-6)11-15(13,14)12(2)3;1-2/h4-5,11H,1-3H3;1-2H3. The smallest absolute Gasteiger partial charge is 0.268 e. The van der Waals surface area contributed by atoms with Gasteiger partial charge in [-0.1, -0.05) is 25.4 Å². The number of nitrogens with zero attached hydrogens (tertiary/aromatic N) is 2. The lowest BCUT2D eigenvalue weighted by atomic mass is 10.3. The first-order valence-corrected chi connectivity index (χ1v) is 6.97. The van der Waals surface area contributed by atoms with E-state index in [0.29, 0.717) is 0 Å². The molecule has 0 bridgehead atoms. The van der Waals surface area contributed by atoms with E-state index >= 15 is 0 Å². The monoisotopic (exact) mass is 279 g/mol. The highest BCUT2D eigenvalue weighted by Gasteiger charge is 2.15. The zero-order valence-corrected chi connectivity index (χ0v) is 12.2. The minimum atomic E-state index is -3.53. The van der Waals surface area contributed by atoms with Crippen molar-refractivity contribution in [2.75, 3.05) is 18.8 Å². The van der Waals surface area contributed by atoms with Crippen molar-refractivity contribution in [3.8, 4) is 0 Å². The van der Waals surface area contributed by atoms with E-state index in [1.165, 1.54) is 14.1 Å². The number of anilines is 1. The SMILES string of the molecule is CC.Cc1cnc(Cl)c(NS(=O)(=O)N(C)C)c1. The topological polar surface area (TPSA) is 62.3 Å². The van der Waals surface area contributed by atoms with Gasteiger partial charge in [0.25, 0.3) is 0 Å². The van der Waals surface area contributed by atoms with Crippen LogP contribution in [0.15, 0.2) is 12.3 Å². The lowest BCUT2D eigenvalue weighted by molar-refractivity contribution is 0.527. The maximum absolute atomic E-state index is 11.5. The van der Waals surface area contributed by atoms with Crippen molar-refractivity contribution in [2.45, 2.75) is 20.8 Å². The van der Waals surface area contributed by atoms with Crippen LogP contribution in [0.4, 0.5) is 5.69 Å². The maximum Gasteiger partial charge on any atom is 0.301 e. The molecule has 0 saturated heterocycles. The van der Waals surface area contributed by atoms with Crippen molar-refractivity contribution in [1.29, 1.82) is 0 Å². The Morgan fingerprint density at radius 3 is 2.35 bits per heavy atom. The Bertz CT molecular complexity index is 461. The second-order valence-electron chi connectivity index (χ2n) is 3.24. The van der Waals surface area contributed by atoms with Gasteiger partial charge in [0.2, 0.25) is 0 Å². The second kappa shape index (κ2) is 6.78. The van der Waals surface area contributed by atoms with Crippen LogP contribution in [-0.4, -0.2) is 31.8 Å². The Hall–Kier alpha value is -0.850. The second-order valence-corrected chi connectivity index (χ2v) is 5.48. The summed E-state index contributed by atoms with van der Waals surface area (Å²) in [5, 5.41) is 0.131. The first-order valence-electron chi connectivity index (χ1n) is 5.15. The molecule has 5 nitrogen and oxygen atoms in total. The van der Waals surface area contributed by atoms with Gasteiger partial charge in [0.05, 0.1) is 5.69 Å². The van der Waals surface area contributed by atoms with Gasteiger partial charge in [0.1, 0.15) is 0 Å². The summed E-state index contributed by atoms with van der Waals surface area (Å²) < 4.78 is 26.4. The summed E-state index contributed by atoms with van der Waals surface area (Å²) in [6, 6.07) is 1.62. The van der Waals surface area contributed by atoms with Gasteiger partial charge in [0.15, 0.2) is 5.15 Å². The minimum absolute atomic E-state index is 0.131. The van der Waals surface area contributed by atoms with E-state index in [4.69, 9.17) is 11.6 Å². The zero-order valence-electron chi connectivity index (χ0n) is 10.7. The van der Waals surface area contributed by atoms with Crippen LogP contribution in [0.1, 0.15) is 19.4 Å². The quantitative estimate of drug-likeness (QED) is 0.864. The third kappa shape index (κ3) is 4.89. The molecule has 1 rings (SSSR count). The highest BCUT2D eigenvalue weighted by molar-refractivity contribution is 7.90. The molecule has 0 spiro atoms. The molecule has 0 atom stereocenters. The molecule has 1 aromatic rings. The summed E-state index contributed by atoms with van der Waals surface area (Å²) in [4.78, 5) is 3.84. The number of pyridine rings is 1. The van der Waals surface area contributed by atoms with Gasteiger partial charge in [0, 0.05) is 20.3 Å². The number of aryl methyl sites for hydroxylation is 1. The Balaban J connectivity index is 0.00000121. The molecular formula is C10H18ClN3O2S. The van der Waals surface area contributed by atoms with E-state index < -0.39 is 10.2 Å². The molecular weight excluding hydrogens is 262 g/mol. The fourth-order valence-electron chi connectivity index (χ4n) is 0.854. The number of hydrogen-bond donors (Lipinski definition) is 1. The van der Waals surface area contributed by atoms with Gasteiger partial charge in [-0.2, -0.15) is 12.7 Å². The molecule has 0 aromatic carbocycles. The van der Waals surface area contributed by atoms with Crippen molar-refractivity contribution >= 4 is 27.5 Å². The maximum atomic E-state index is 11.5. The summed E-state index contributed by atoms with van der Waals surface area (Å²) in [5.74, 6) is 0. The lowest BCUT2D eigenvalue weighted by Crippen LogP contribution is -2.29. The highest BCUT2D eigenvalue weighted by Crippen LogP contribution is 2.21. The Kier molecular flexibility index (Phi) is 6.44. The van der Waals surface area contributed by atoms with E-state index in [-0.39, 0.29) is 10.8 Å². The van der Waals surface area contributed by atoms with Gasteiger partial charge in [-0.05, 0) is 18.6 Å². The van der Waals surface area contributed by atoms with Crippen LogP contribution in [0.3, 0.4) is 0 Å². The Morgan fingerprint density at radius 2 is 1.88 bits per heavy atom. The molecule has 0 aliphatic carbocycles. The third-order valence-corrected chi connectivity index (χ3v) is 3.44. The fourth-order valence-corrected chi connectivity index (χ4v) is 1.68. The summed E-state index contributed by atoms with van der Waals surface area (Å²) in [6.45, 7) is 5.80. The van der Waals surface area contributed by atoms with E-state index in [9.17, 15) is 8.42 Å². The van der Waals surface area contributed by atoms with Crippen LogP contribution in [-0.2, 0) is 10.2 Å². The summed E-state index contributed by atoms with van der Waals surface area (Å²) in [5.41, 5.74) is 1.11. The molecule has 0 saturated carbocycles. The molecule has 1 aromatic heterocycles. The number of halogens is 1. The third-order valence-electron chi connectivity index (χ3n) is 1.70. The molecule has 0 radical (unpaired) electrons. The average Bonchev–Trinajstić information content (AvgIpc) is 2.26. The molecule has 0 aliphatic rings. The Morgan fingerprint density at radius 1 is 1.35 bits per heavy atom. The van der Waals surface area contributed by atoms with E-state index in [2.05, 4.69) is 9.71 Å². The average molecular weight is 280 g/mol. The van der Waals surface area contributed by atoms with Crippen LogP contribution < -0.4 is 4.72 Å². The van der Waals surface area contributed by atoms with Crippen molar-refractivity contribution in [2.24, 2.45) is 0 Å². The lowest BCUT2D eigenvalue weighted by Gasteiger charge is -2.14. The molecule has 1 N–H and O–H groups in total. The van der Waals surface area contributed by atoms with Crippen LogP contribution in [0.2, 0.25) is 5.15 Å². The summed E-state index contributed by atoms with van der Waals surface area (Å²) in [6.07, 6.45) is 1.57. The molecule has 1 heterocycles. The largest absolute Gasteiger partial charge is 0.301 e. The van der Waals surface area contributed by atoms with Gasteiger partial charge < -0.3 is 0 Å². The molecule has 98 valence electrons. The van der Waals surface area contributed by atoms with Crippen LogP contribution in [0, 0.1) is 6.92 Å². The van der Waals surface area contributed by atoms with Gasteiger partial charge >= 0.3 is 10.2 Å². The number of rotatable bonds is 3. The molecule has 0 fully saturated rings. The van der Waals surface area contributed by atoms with Gasteiger partial charge in [-0.25, -0.2) is 4.98 Å². The highest BCUT2D eigenvalue weighted by atomic mass is 35.5. The normalized spacial score (nSPS) is 10.8. The molecule has 0 amide bonds. The first-order chi connectivity index (χ1) is 7.83. The summed E-state index contributed by atoms with van der Waals surface area (Å²) in [7, 11) is -0.672. The zero-order chi connectivity index (χ0) is 13.6. The van der Waals surface area contributed by atoms with Gasteiger partial charge in [-0.15, -0.1) is 0 Å². The predicted molar refractivity (Wildman–Crippen MR) is 71.6 cm³/mol. The number of nitrogens with one attached hydrogen (secondary N) is 1. The summed E-state index contributed by atoms with van der Waals surface area (Å²) >= 11 is 5.75. The van der Waals surface area contributed by atoms with E-state index in [1.54, 1.807) is 19.2 Å².